The summed E-state index contributed by atoms with van der Waals surface area (Å²) in [6.07, 6.45) is 0. The second-order valence-electron chi connectivity index (χ2n) is 7.75. The largest absolute Gasteiger partial charge is 0.392 e. The van der Waals surface area contributed by atoms with E-state index in [4.69, 9.17) is 4.99 Å². The van der Waals surface area contributed by atoms with Gasteiger partial charge in [-0.2, -0.15) is 0 Å². The Labute approximate surface area is 175 Å². The molecule has 4 rings (SSSR count). The van der Waals surface area contributed by atoms with Gasteiger partial charge in [0, 0.05) is 32.7 Å². The third-order valence-corrected chi connectivity index (χ3v) is 6.02. The van der Waals surface area contributed by atoms with E-state index in [-0.39, 0.29) is 18.2 Å². The van der Waals surface area contributed by atoms with Gasteiger partial charge in [0.2, 0.25) is 11.9 Å². The van der Waals surface area contributed by atoms with E-state index in [0.717, 1.165) is 37.6 Å². The number of hydrogen-bond acceptors (Lipinski definition) is 4. The van der Waals surface area contributed by atoms with Crippen LogP contribution in [0.5, 0.6) is 0 Å². The minimum Gasteiger partial charge on any atom is -0.297 e. The number of Topliss-reactive ketones (excluding diaryl/α,β-unsaturated/α-hetero) is 1. The van der Waals surface area contributed by atoms with Crippen LogP contribution in [0.4, 0.5) is 4.79 Å². The minimum atomic E-state index is -0.774. The molecule has 0 bridgehead atoms. The molecule has 0 saturated carbocycles. The first-order valence-corrected chi connectivity index (χ1v) is 10.2. The van der Waals surface area contributed by atoms with E-state index in [1.54, 1.807) is 24.1 Å². The van der Waals surface area contributed by atoms with E-state index < -0.39 is 12.1 Å². The average molecular weight is 411 g/mol. The molecule has 30 heavy (non-hydrogen) atoms. The zero-order valence-corrected chi connectivity index (χ0v) is 17.6. The zero-order valence-electron chi connectivity index (χ0n) is 17.6. The number of nitrogens with zero attached hydrogens (tertiary/aromatic N) is 6. The number of aliphatic imine (C=N–C) groups is 1. The van der Waals surface area contributed by atoms with E-state index in [2.05, 4.69) is 16.4 Å². The molecule has 0 aromatic heterocycles. The van der Waals surface area contributed by atoms with Crippen molar-refractivity contribution in [3.63, 3.8) is 0 Å². The molecule has 158 valence electrons. The van der Waals surface area contributed by atoms with Crippen LogP contribution >= 0.6 is 0 Å². The van der Waals surface area contributed by atoms with E-state index in [9.17, 15) is 14.4 Å². The molecule has 0 spiro atoms. The fraction of sp³-hybridized carbons (Fsp3) is 0.476. The van der Waals surface area contributed by atoms with Gasteiger partial charge in [0.05, 0.1) is 13.1 Å². The number of carbonyl (C=O) groups is 3. The lowest BCUT2D eigenvalue weighted by Crippen LogP contribution is -2.63. The number of ketones is 1. The Morgan fingerprint density at radius 1 is 1.10 bits per heavy atom. The summed E-state index contributed by atoms with van der Waals surface area (Å²) < 4.78 is 2.11. The molecule has 3 aliphatic heterocycles. The molecule has 1 atom stereocenters. The lowest BCUT2D eigenvalue weighted by Gasteiger charge is -2.33. The second kappa shape index (κ2) is 7.98. The topological polar surface area (TPSA) is 79.5 Å². The molecule has 0 aliphatic carbocycles. The van der Waals surface area contributed by atoms with E-state index in [1.807, 2.05) is 18.2 Å². The first-order chi connectivity index (χ1) is 14.4. The number of fused-ring (bicyclic) bond motifs is 1. The van der Waals surface area contributed by atoms with Crippen LogP contribution in [0.15, 0.2) is 35.3 Å². The molecular weight excluding hydrogens is 384 g/mol. The normalized spacial score (nSPS) is 22.6. The van der Waals surface area contributed by atoms with Crippen molar-refractivity contribution in [2.45, 2.75) is 13.0 Å². The van der Waals surface area contributed by atoms with Gasteiger partial charge in [-0.05, 0) is 6.54 Å². The van der Waals surface area contributed by atoms with Crippen LogP contribution in [0.2, 0.25) is 0 Å². The molecule has 1 unspecified atom stereocenters. The van der Waals surface area contributed by atoms with Gasteiger partial charge in [-0.1, -0.05) is 42.2 Å². The quantitative estimate of drug-likeness (QED) is 0.522. The lowest BCUT2D eigenvalue weighted by atomic mass is 10.1. The summed E-state index contributed by atoms with van der Waals surface area (Å²) in [5, 5.41) is 0. The highest BCUT2D eigenvalue weighted by atomic mass is 16.2. The summed E-state index contributed by atoms with van der Waals surface area (Å²) in [6.45, 7) is 6.42. The van der Waals surface area contributed by atoms with Crippen LogP contribution in [0.3, 0.4) is 0 Å². The summed E-state index contributed by atoms with van der Waals surface area (Å²) >= 11 is 0. The van der Waals surface area contributed by atoms with Crippen LogP contribution in [-0.2, 0) is 4.79 Å². The SMILES string of the molecule is CCN1CC[N+](=C2N=C3C(C(=O)N(C)C(=O)N3C)N2CC(=O)c2ccccc2)CC1. The maximum atomic E-state index is 13.0. The van der Waals surface area contributed by atoms with Gasteiger partial charge in [0.25, 0.3) is 5.91 Å². The van der Waals surface area contributed by atoms with Crippen molar-refractivity contribution in [2.24, 2.45) is 4.99 Å². The molecule has 3 heterocycles. The van der Waals surface area contributed by atoms with Crippen molar-refractivity contribution >= 4 is 29.5 Å². The Morgan fingerprint density at radius 2 is 1.77 bits per heavy atom. The standard InChI is InChI=1S/C21H27N6O3/c1-4-25-10-12-26(13-11-25)20-22-18-17(19(29)24(3)21(30)23(18)2)27(20)14-16(28)15-8-6-5-7-9-15/h5-9,17H,4,10-14H2,1-3H3/q+1. The Balaban J connectivity index is 1.71. The molecular formula is C21H27N6O3+. The predicted octanol–water partition coefficient (Wildman–Crippen LogP) is 0.180. The number of amidine groups is 1. The number of urea groups is 1. The molecule has 0 N–H and O–H groups in total. The van der Waals surface area contributed by atoms with Crippen LogP contribution in [0.25, 0.3) is 0 Å². The second-order valence-corrected chi connectivity index (χ2v) is 7.75. The number of carbonyl (C=O) groups excluding carboxylic acids is 3. The van der Waals surface area contributed by atoms with E-state index in [0.29, 0.717) is 17.4 Å². The number of piperazine rings is 1. The molecule has 1 aromatic rings. The van der Waals surface area contributed by atoms with Gasteiger partial charge in [0.1, 0.15) is 6.54 Å². The maximum Gasteiger partial charge on any atom is 0.392 e. The van der Waals surface area contributed by atoms with Crippen molar-refractivity contribution in [3.8, 4) is 0 Å². The van der Waals surface area contributed by atoms with Gasteiger partial charge in [0.15, 0.2) is 5.78 Å². The monoisotopic (exact) mass is 411 g/mol. The maximum absolute atomic E-state index is 13.0. The van der Waals surface area contributed by atoms with Gasteiger partial charge < -0.3 is 0 Å². The molecule has 1 aromatic carbocycles. The minimum absolute atomic E-state index is 0.0205. The summed E-state index contributed by atoms with van der Waals surface area (Å²) in [4.78, 5) is 49.8. The summed E-state index contributed by atoms with van der Waals surface area (Å²) in [6, 6.07) is 7.85. The van der Waals surface area contributed by atoms with Crippen molar-refractivity contribution in [1.29, 1.82) is 0 Å². The Hall–Kier alpha value is -3.07. The number of rotatable bonds is 4. The fourth-order valence-corrected chi connectivity index (χ4v) is 4.13. The van der Waals surface area contributed by atoms with Crippen LogP contribution in [0, 0.1) is 0 Å². The number of hydrogen-bond donors (Lipinski definition) is 0. The number of imide groups is 1. The molecule has 2 fully saturated rings. The van der Waals surface area contributed by atoms with Crippen molar-refractivity contribution in [2.75, 3.05) is 53.4 Å². The van der Waals surface area contributed by atoms with Gasteiger partial charge in [-0.3, -0.25) is 28.9 Å². The van der Waals surface area contributed by atoms with Gasteiger partial charge >= 0.3 is 12.0 Å². The van der Waals surface area contributed by atoms with Crippen LogP contribution in [-0.4, -0.2) is 113 Å². The highest BCUT2D eigenvalue weighted by molar-refractivity contribution is 6.25. The first kappa shape index (κ1) is 20.2. The van der Waals surface area contributed by atoms with Gasteiger partial charge in [-0.25, -0.2) is 9.69 Å². The average Bonchev–Trinajstić information content (AvgIpc) is 3.16. The smallest absolute Gasteiger partial charge is 0.297 e. The molecule has 9 heteroatoms. The fourth-order valence-electron chi connectivity index (χ4n) is 4.13. The molecule has 0 radical (unpaired) electrons. The lowest BCUT2D eigenvalue weighted by molar-refractivity contribution is -0.544. The number of amides is 3. The van der Waals surface area contributed by atoms with E-state index in [1.165, 1.54) is 11.9 Å². The summed E-state index contributed by atoms with van der Waals surface area (Å²) in [5.74, 6) is 0.530. The highest BCUT2D eigenvalue weighted by Crippen LogP contribution is 2.23. The third-order valence-electron chi connectivity index (χ3n) is 6.02. The Kier molecular flexibility index (Phi) is 5.38. The summed E-state index contributed by atoms with van der Waals surface area (Å²) in [5.41, 5.74) is 0.585. The van der Waals surface area contributed by atoms with Crippen molar-refractivity contribution in [1.82, 2.24) is 19.6 Å². The van der Waals surface area contributed by atoms with E-state index >= 15 is 0 Å². The Morgan fingerprint density at radius 3 is 2.40 bits per heavy atom. The molecule has 2 saturated heterocycles. The first-order valence-electron chi connectivity index (χ1n) is 10.2. The van der Waals surface area contributed by atoms with Crippen molar-refractivity contribution < 1.29 is 19.0 Å². The highest BCUT2D eigenvalue weighted by Gasteiger charge is 2.55. The molecule has 9 nitrogen and oxygen atoms in total. The number of guanidine groups is 1. The van der Waals surface area contributed by atoms with Crippen molar-refractivity contribution in [3.05, 3.63) is 35.9 Å². The number of likely N-dealkylation sites (N-methyl/N-ethyl adjacent to an activating group) is 3. The third kappa shape index (κ3) is 3.39. The summed E-state index contributed by atoms with van der Waals surface area (Å²) in [7, 11) is 3.08. The predicted molar refractivity (Wildman–Crippen MR) is 112 cm³/mol. The zero-order chi connectivity index (χ0) is 21.4. The molecule has 3 amide bonds. The van der Waals surface area contributed by atoms with Crippen LogP contribution < -0.4 is 0 Å². The molecule has 3 aliphatic rings. The van der Waals surface area contributed by atoms with Gasteiger partial charge in [-0.15, -0.1) is 0 Å². The van der Waals surface area contributed by atoms with Crippen LogP contribution in [0.1, 0.15) is 17.3 Å². The number of benzene rings is 1. The Bertz CT molecular complexity index is 931.